The molecule has 1 aliphatic rings. The Hall–Kier alpha value is -1.81. The molecule has 0 N–H and O–H groups in total. The lowest BCUT2D eigenvalue weighted by Crippen LogP contribution is -2.33. The highest BCUT2D eigenvalue weighted by molar-refractivity contribution is 5.12. The minimum atomic E-state index is 0.421. The maximum atomic E-state index is 4.43. The number of nitrogens with zero attached hydrogens (tertiary/aromatic N) is 4. The van der Waals surface area contributed by atoms with E-state index in [1.54, 1.807) is 6.33 Å². The summed E-state index contributed by atoms with van der Waals surface area (Å²) < 4.78 is 0. The lowest BCUT2D eigenvalue weighted by molar-refractivity contribution is 0.137. The molecule has 0 spiro atoms. The molecule has 3 rings (SSSR count). The lowest BCUT2D eigenvalue weighted by atomic mass is 9.98. The fourth-order valence-electron chi connectivity index (χ4n) is 2.74. The molecule has 0 aromatic carbocycles. The Morgan fingerprint density at radius 1 is 1.05 bits per heavy atom. The van der Waals surface area contributed by atoms with Gasteiger partial charge in [-0.3, -0.25) is 9.88 Å². The second-order valence-corrected chi connectivity index (χ2v) is 4.97. The first kappa shape index (κ1) is 12.2. The molecule has 1 saturated heterocycles. The zero-order valence-corrected chi connectivity index (χ0v) is 10.9. The quantitative estimate of drug-likeness (QED) is 0.844. The van der Waals surface area contributed by atoms with E-state index >= 15 is 0 Å². The molecule has 2 aromatic rings. The zero-order chi connectivity index (χ0) is 12.9. The molecule has 4 nitrogen and oxygen atoms in total. The van der Waals surface area contributed by atoms with E-state index in [4.69, 9.17) is 0 Å². The highest BCUT2D eigenvalue weighted by Gasteiger charge is 2.24. The Bertz CT molecular complexity index is 500. The Morgan fingerprint density at radius 2 is 1.89 bits per heavy atom. The number of rotatable bonds is 3. The Morgan fingerprint density at radius 3 is 2.68 bits per heavy atom. The van der Waals surface area contributed by atoms with E-state index in [9.17, 15) is 0 Å². The summed E-state index contributed by atoms with van der Waals surface area (Å²) in [5, 5.41) is 0. The summed E-state index contributed by atoms with van der Waals surface area (Å²) in [5.41, 5.74) is 2.46. The SMILES string of the molecule is c1cc(CN2CCCC[C@H]2c2ccncn2)ccn1. The molecule has 1 atom stereocenters. The van der Waals surface area contributed by atoms with Crippen LogP contribution in [-0.2, 0) is 6.54 Å². The van der Waals surface area contributed by atoms with Gasteiger partial charge >= 0.3 is 0 Å². The summed E-state index contributed by atoms with van der Waals surface area (Å²) >= 11 is 0. The molecule has 0 saturated carbocycles. The van der Waals surface area contributed by atoms with Crippen molar-refractivity contribution in [3.63, 3.8) is 0 Å². The summed E-state index contributed by atoms with van der Waals surface area (Å²) in [6, 6.07) is 6.64. The van der Waals surface area contributed by atoms with Crippen LogP contribution in [-0.4, -0.2) is 26.4 Å². The third kappa shape index (κ3) is 2.96. The highest BCUT2D eigenvalue weighted by atomic mass is 15.2. The van der Waals surface area contributed by atoms with Gasteiger partial charge in [-0.2, -0.15) is 0 Å². The van der Waals surface area contributed by atoms with Crippen LogP contribution in [0.1, 0.15) is 36.6 Å². The molecule has 2 aromatic heterocycles. The van der Waals surface area contributed by atoms with Crippen LogP contribution in [0, 0.1) is 0 Å². The minimum Gasteiger partial charge on any atom is -0.291 e. The normalized spacial score (nSPS) is 20.3. The van der Waals surface area contributed by atoms with E-state index in [1.165, 1.54) is 24.8 Å². The Kier molecular flexibility index (Phi) is 3.79. The molecule has 19 heavy (non-hydrogen) atoms. The molecule has 0 bridgehead atoms. The van der Waals surface area contributed by atoms with Gasteiger partial charge in [-0.25, -0.2) is 9.97 Å². The van der Waals surface area contributed by atoms with E-state index < -0.39 is 0 Å². The van der Waals surface area contributed by atoms with Gasteiger partial charge in [0, 0.05) is 25.1 Å². The Balaban J connectivity index is 1.78. The summed E-state index contributed by atoms with van der Waals surface area (Å²) in [6.07, 6.45) is 10.9. The van der Waals surface area contributed by atoms with Gasteiger partial charge in [-0.05, 0) is 43.1 Å². The van der Waals surface area contributed by atoms with Crippen LogP contribution in [0.5, 0.6) is 0 Å². The van der Waals surface area contributed by atoms with Crippen molar-refractivity contribution in [1.29, 1.82) is 0 Å². The van der Waals surface area contributed by atoms with E-state index in [-0.39, 0.29) is 0 Å². The van der Waals surface area contributed by atoms with E-state index in [1.807, 2.05) is 24.7 Å². The zero-order valence-electron chi connectivity index (χ0n) is 10.9. The second-order valence-electron chi connectivity index (χ2n) is 4.97. The van der Waals surface area contributed by atoms with Crippen molar-refractivity contribution in [2.45, 2.75) is 31.8 Å². The van der Waals surface area contributed by atoms with Crippen LogP contribution < -0.4 is 0 Å². The van der Waals surface area contributed by atoms with Crippen LogP contribution in [0.2, 0.25) is 0 Å². The van der Waals surface area contributed by atoms with Crippen molar-refractivity contribution in [1.82, 2.24) is 19.9 Å². The minimum absolute atomic E-state index is 0.421. The van der Waals surface area contributed by atoms with Crippen molar-refractivity contribution in [2.75, 3.05) is 6.54 Å². The number of pyridine rings is 1. The van der Waals surface area contributed by atoms with Crippen molar-refractivity contribution >= 4 is 0 Å². The topological polar surface area (TPSA) is 41.9 Å². The third-order valence-electron chi connectivity index (χ3n) is 3.69. The maximum absolute atomic E-state index is 4.43. The van der Waals surface area contributed by atoms with Crippen LogP contribution in [0.15, 0.2) is 43.1 Å². The average molecular weight is 254 g/mol. The standard InChI is InChI=1S/C15H18N4/c1-2-10-19(11-13-4-7-16-8-5-13)15(3-1)14-6-9-17-12-18-14/h4-9,12,15H,1-3,10-11H2/t15-/m0/s1. The molecule has 3 heterocycles. The van der Waals surface area contributed by atoms with Crippen molar-refractivity contribution < 1.29 is 0 Å². The molecular formula is C15H18N4. The number of aromatic nitrogens is 3. The van der Waals surface area contributed by atoms with Crippen LogP contribution in [0.3, 0.4) is 0 Å². The molecule has 1 fully saturated rings. The van der Waals surface area contributed by atoms with E-state index in [0.717, 1.165) is 18.8 Å². The van der Waals surface area contributed by atoms with Gasteiger partial charge in [0.15, 0.2) is 0 Å². The van der Waals surface area contributed by atoms with E-state index in [2.05, 4.69) is 32.0 Å². The van der Waals surface area contributed by atoms with Gasteiger partial charge in [0.2, 0.25) is 0 Å². The van der Waals surface area contributed by atoms with Gasteiger partial charge in [-0.15, -0.1) is 0 Å². The molecule has 98 valence electrons. The predicted molar refractivity (Wildman–Crippen MR) is 73.3 cm³/mol. The molecule has 1 aliphatic heterocycles. The maximum Gasteiger partial charge on any atom is 0.115 e. The fourth-order valence-corrected chi connectivity index (χ4v) is 2.74. The third-order valence-corrected chi connectivity index (χ3v) is 3.69. The van der Waals surface area contributed by atoms with Crippen LogP contribution >= 0.6 is 0 Å². The first-order valence-corrected chi connectivity index (χ1v) is 6.82. The highest BCUT2D eigenvalue weighted by Crippen LogP contribution is 2.30. The monoisotopic (exact) mass is 254 g/mol. The van der Waals surface area contributed by atoms with Gasteiger partial charge in [0.1, 0.15) is 6.33 Å². The first-order valence-electron chi connectivity index (χ1n) is 6.82. The number of piperidine rings is 1. The number of hydrogen-bond donors (Lipinski definition) is 0. The smallest absolute Gasteiger partial charge is 0.115 e. The van der Waals surface area contributed by atoms with E-state index in [0.29, 0.717) is 6.04 Å². The molecule has 4 heteroatoms. The van der Waals surface area contributed by atoms with Gasteiger partial charge in [0.05, 0.1) is 11.7 Å². The van der Waals surface area contributed by atoms with Crippen molar-refractivity contribution in [3.05, 3.63) is 54.4 Å². The second kappa shape index (κ2) is 5.89. The molecule has 0 radical (unpaired) electrons. The summed E-state index contributed by atoms with van der Waals surface area (Å²) in [7, 11) is 0. The number of likely N-dealkylation sites (tertiary alicyclic amines) is 1. The Labute approximate surface area is 113 Å². The first-order chi connectivity index (χ1) is 9.43. The van der Waals surface area contributed by atoms with Gasteiger partial charge in [-0.1, -0.05) is 6.42 Å². The van der Waals surface area contributed by atoms with Crippen molar-refractivity contribution in [2.24, 2.45) is 0 Å². The molecule has 0 aliphatic carbocycles. The van der Waals surface area contributed by atoms with Crippen LogP contribution in [0.25, 0.3) is 0 Å². The summed E-state index contributed by atoms with van der Waals surface area (Å²) in [6.45, 7) is 2.11. The summed E-state index contributed by atoms with van der Waals surface area (Å²) in [4.78, 5) is 15.0. The van der Waals surface area contributed by atoms with Crippen LogP contribution in [0.4, 0.5) is 0 Å². The lowest BCUT2D eigenvalue weighted by Gasteiger charge is -2.35. The number of hydrogen-bond acceptors (Lipinski definition) is 4. The van der Waals surface area contributed by atoms with Crippen molar-refractivity contribution in [3.8, 4) is 0 Å². The molecule has 0 amide bonds. The van der Waals surface area contributed by atoms with Gasteiger partial charge < -0.3 is 0 Å². The molecular weight excluding hydrogens is 236 g/mol. The predicted octanol–water partition coefficient (Wildman–Crippen LogP) is 2.60. The van der Waals surface area contributed by atoms with Gasteiger partial charge in [0.25, 0.3) is 0 Å². The fraction of sp³-hybridized carbons (Fsp3) is 0.400. The largest absolute Gasteiger partial charge is 0.291 e. The average Bonchev–Trinajstić information content (AvgIpc) is 2.50. The summed E-state index contributed by atoms with van der Waals surface area (Å²) in [5.74, 6) is 0. The molecule has 0 unspecified atom stereocenters.